The van der Waals surface area contributed by atoms with Crippen molar-refractivity contribution in [3.63, 3.8) is 0 Å². The molecule has 0 aliphatic rings. The summed E-state index contributed by atoms with van der Waals surface area (Å²) in [4.78, 5) is 12.1. The summed E-state index contributed by atoms with van der Waals surface area (Å²) in [5, 5.41) is 3.44. The van der Waals surface area contributed by atoms with Crippen LogP contribution in [0.1, 0.15) is 37.3 Å². The number of hydrogen-bond acceptors (Lipinski definition) is 3. The quantitative estimate of drug-likeness (QED) is 0.666. The molecule has 2 rings (SSSR count). The smallest absolute Gasteiger partial charge is 0.240 e. The van der Waals surface area contributed by atoms with Crippen LogP contribution >= 0.6 is 11.6 Å². The van der Waals surface area contributed by atoms with Crippen molar-refractivity contribution in [1.82, 2.24) is 10.0 Å². The number of halogens is 1. The van der Waals surface area contributed by atoms with Gasteiger partial charge in [0.05, 0.1) is 4.90 Å². The zero-order valence-corrected chi connectivity index (χ0v) is 17.1. The molecule has 27 heavy (non-hydrogen) atoms. The molecule has 0 saturated carbocycles. The Morgan fingerprint density at radius 2 is 1.78 bits per heavy atom. The van der Waals surface area contributed by atoms with Crippen molar-refractivity contribution in [1.29, 1.82) is 0 Å². The first-order chi connectivity index (χ1) is 12.8. The number of amides is 1. The van der Waals surface area contributed by atoms with Gasteiger partial charge in [-0.15, -0.1) is 0 Å². The zero-order valence-electron chi connectivity index (χ0n) is 15.5. The summed E-state index contributed by atoms with van der Waals surface area (Å²) in [5.41, 5.74) is 2.11. The maximum atomic E-state index is 12.3. The van der Waals surface area contributed by atoms with Gasteiger partial charge in [-0.25, -0.2) is 13.1 Å². The van der Waals surface area contributed by atoms with Crippen LogP contribution in [-0.4, -0.2) is 27.4 Å². The van der Waals surface area contributed by atoms with E-state index in [0.717, 1.165) is 11.1 Å². The van der Waals surface area contributed by atoms with Crippen molar-refractivity contribution in [2.24, 2.45) is 0 Å². The molecular weight excluding hydrogens is 384 g/mol. The van der Waals surface area contributed by atoms with Crippen molar-refractivity contribution in [2.45, 2.75) is 37.5 Å². The second kappa shape index (κ2) is 9.88. The lowest BCUT2D eigenvalue weighted by Crippen LogP contribution is -2.31. The first-order valence-corrected chi connectivity index (χ1v) is 10.7. The summed E-state index contributed by atoms with van der Waals surface area (Å²) < 4.78 is 27.0. The van der Waals surface area contributed by atoms with Gasteiger partial charge in [0.25, 0.3) is 0 Å². The molecule has 0 fully saturated rings. The van der Waals surface area contributed by atoms with E-state index in [1.165, 1.54) is 0 Å². The predicted octanol–water partition coefficient (Wildman–Crippen LogP) is 3.49. The van der Waals surface area contributed by atoms with E-state index >= 15 is 0 Å². The lowest BCUT2D eigenvalue weighted by Gasteiger charge is -2.09. The normalized spacial score (nSPS) is 11.6. The number of nitrogens with one attached hydrogen (secondary N) is 2. The Morgan fingerprint density at radius 3 is 2.41 bits per heavy atom. The molecule has 0 aromatic heterocycles. The monoisotopic (exact) mass is 408 g/mol. The highest BCUT2D eigenvalue weighted by Crippen LogP contribution is 2.17. The van der Waals surface area contributed by atoms with Crippen LogP contribution in [0.25, 0.3) is 0 Å². The van der Waals surface area contributed by atoms with Gasteiger partial charge >= 0.3 is 0 Å². The Labute approximate surface area is 166 Å². The molecule has 5 nitrogen and oxygen atoms in total. The van der Waals surface area contributed by atoms with Crippen molar-refractivity contribution in [2.75, 3.05) is 13.1 Å². The summed E-state index contributed by atoms with van der Waals surface area (Å²) in [6.45, 7) is 4.62. The van der Waals surface area contributed by atoms with Crippen LogP contribution in [0.3, 0.4) is 0 Å². The fourth-order valence-corrected chi connectivity index (χ4v) is 3.79. The molecule has 0 aliphatic heterocycles. The molecule has 0 unspecified atom stereocenters. The first kappa shape index (κ1) is 21.4. The minimum Gasteiger partial charge on any atom is -0.356 e. The fourth-order valence-electron chi connectivity index (χ4n) is 2.54. The van der Waals surface area contributed by atoms with Gasteiger partial charge in [-0.3, -0.25) is 4.79 Å². The highest BCUT2D eigenvalue weighted by Gasteiger charge is 2.14. The molecule has 0 heterocycles. The Balaban J connectivity index is 1.74. The van der Waals surface area contributed by atoms with E-state index in [9.17, 15) is 13.2 Å². The Morgan fingerprint density at radius 1 is 1.07 bits per heavy atom. The van der Waals surface area contributed by atoms with E-state index in [0.29, 0.717) is 23.9 Å². The largest absolute Gasteiger partial charge is 0.356 e. The highest BCUT2D eigenvalue weighted by molar-refractivity contribution is 7.89. The average Bonchev–Trinajstić information content (AvgIpc) is 2.61. The summed E-state index contributed by atoms with van der Waals surface area (Å²) >= 11 is 5.92. The van der Waals surface area contributed by atoms with Gasteiger partial charge in [-0.05, 0) is 47.7 Å². The van der Waals surface area contributed by atoms with Crippen LogP contribution in [0.5, 0.6) is 0 Å². The van der Waals surface area contributed by atoms with Crippen molar-refractivity contribution >= 4 is 27.5 Å². The Bertz CT molecular complexity index is 865. The molecule has 0 aliphatic carbocycles. The van der Waals surface area contributed by atoms with Crippen LogP contribution in [0.15, 0.2) is 53.4 Å². The minimum absolute atomic E-state index is 0.0528. The van der Waals surface area contributed by atoms with Gasteiger partial charge in [-0.2, -0.15) is 0 Å². The summed E-state index contributed by atoms with van der Waals surface area (Å²) in [6, 6.07) is 14.2. The van der Waals surface area contributed by atoms with Crippen molar-refractivity contribution in [3.05, 3.63) is 64.7 Å². The molecule has 2 aromatic rings. The number of carbonyl (C=O) groups excluding carboxylic acids is 1. The maximum Gasteiger partial charge on any atom is 0.240 e. The van der Waals surface area contributed by atoms with E-state index in [1.54, 1.807) is 18.2 Å². The van der Waals surface area contributed by atoms with Gasteiger partial charge in [0.15, 0.2) is 0 Å². The third-order valence-electron chi connectivity index (χ3n) is 4.13. The molecular formula is C20H25ClN2O3S. The molecule has 0 saturated heterocycles. The Hall–Kier alpha value is -1.89. The summed E-state index contributed by atoms with van der Waals surface area (Å²) in [5.74, 6) is 0.139. The van der Waals surface area contributed by atoms with E-state index in [1.807, 2.05) is 44.2 Å². The maximum absolute atomic E-state index is 12.3. The van der Waals surface area contributed by atoms with Crippen LogP contribution in [-0.2, 0) is 21.2 Å². The molecule has 2 aromatic carbocycles. The second-order valence-electron chi connectivity index (χ2n) is 6.60. The van der Waals surface area contributed by atoms with Gasteiger partial charge in [-0.1, -0.05) is 49.7 Å². The van der Waals surface area contributed by atoms with Gasteiger partial charge in [0, 0.05) is 24.5 Å². The van der Waals surface area contributed by atoms with Gasteiger partial charge in [0.1, 0.15) is 0 Å². The predicted molar refractivity (Wildman–Crippen MR) is 109 cm³/mol. The van der Waals surface area contributed by atoms with Gasteiger partial charge < -0.3 is 5.32 Å². The lowest BCUT2D eigenvalue weighted by molar-refractivity contribution is -0.120. The summed E-state index contributed by atoms with van der Waals surface area (Å²) in [6.07, 6.45) is 0.749. The fraction of sp³-hybridized carbons (Fsp3) is 0.350. The van der Waals surface area contributed by atoms with Gasteiger partial charge in [0.2, 0.25) is 15.9 Å². The Kier molecular flexibility index (Phi) is 7.83. The minimum atomic E-state index is -3.61. The molecule has 146 valence electrons. The third kappa shape index (κ3) is 6.97. The highest BCUT2D eigenvalue weighted by atomic mass is 35.5. The van der Waals surface area contributed by atoms with Crippen molar-refractivity contribution < 1.29 is 13.2 Å². The van der Waals surface area contributed by atoms with Crippen LogP contribution in [0, 0.1) is 0 Å². The topological polar surface area (TPSA) is 75.3 Å². The number of sulfonamides is 1. The lowest BCUT2D eigenvalue weighted by atomic mass is 10.0. The van der Waals surface area contributed by atoms with E-state index in [2.05, 4.69) is 10.0 Å². The average molecular weight is 409 g/mol. The zero-order chi connectivity index (χ0) is 19.9. The van der Waals surface area contributed by atoms with Crippen molar-refractivity contribution in [3.8, 4) is 0 Å². The van der Waals surface area contributed by atoms with E-state index < -0.39 is 10.0 Å². The molecule has 1 amide bonds. The molecule has 0 radical (unpaired) electrons. The van der Waals surface area contributed by atoms with E-state index in [4.69, 9.17) is 11.6 Å². The standard InChI is InChI=1S/C20H25ClN2O3S/c1-15(2)17-6-8-19(9-7-17)27(25,26)23-13-11-20(24)22-12-10-16-4-3-5-18(21)14-16/h3-9,14-15,23H,10-13H2,1-2H3,(H,22,24). The summed E-state index contributed by atoms with van der Waals surface area (Å²) in [7, 11) is -3.61. The third-order valence-corrected chi connectivity index (χ3v) is 5.84. The molecule has 0 spiro atoms. The van der Waals surface area contributed by atoms with Crippen LogP contribution in [0.4, 0.5) is 0 Å². The number of hydrogen-bond donors (Lipinski definition) is 2. The van der Waals surface area contributed by atoms with Crippen LogP contribution < -0.4 is 10.0 Å². The molecule has 7 heteroatoms. The number of benzene rings is 2. The molecule has 2 N–H and O–H groups in total. The molecule has 0 bridgehead atoms. The number of rotatable bonds is 9. The number of carbonyl (C=O) groups is 1. The van der Waals surface area contributed by atoms with E-state index in [-0.39, 0.29) is 23.8 Å². The van der Waals surface area contributed by atoms with Crippen LogP contribution in [0.2, 0.25) is 5.02 Å². The first-order valence-electron chi connectivity index (χ1n) is 8.89. The SMILES string of the molecule is CC(C)c1ccc(S(=O)(=O)NCCC(=O)NCCc2cccc(Cl)c2)cc1. The second-order valence-corrected chi connectivity index (χ2v) is 8.80. The molecule has 0 atom stereocenters.